The molecule has 0 fully saturated rings. The smallest absolute Gasteiger partial charge is 0.327 e. The fourth-order valence-electron chi connectivity index (χ4n) is 2.60. The molecule has 0 saturated heterocycles. The number of hydrogen-bond acceptors (Lipinski definition) is 5. The molecule has 1 N–H and O–H groups in total. The number of amides is 2. The van der Waals surface area contributed by atoms with Crippen molar-refractivity contribution in [2.45, 2.75) is 13.8 Å². The third kappa shape index (κ3) is 4.37. The summed E-state index contributed by atoms with van der Waals surface area (Å²) in [6.45, 7) is 4.76. The first-order valence-electron chi connectivity index (χ1n) is 8.95. The Hall–Kier alpha value is -3.19. The molecule has 0 bridgehead atoms. The summed E-state index contributed by atoms with van der Waals surface area (Å²) < 4.78 is 5.59. The van der Waals surface area contributed by atoms with E-state index in [4.69, 9.17) is 16.3 Å². The summed E-state index contributed by atoms with van der Waals surface area (Å²) in [5.41, 5.74) is 1.42. The Bertz CT molecular complexity index is 952. The van der Waals surface area contributed by atoms with Crippen molar-refractivity contribution < 1.29 is 9.53 Å². The lowest BCUT2D eigenvalue weighted by atomic mass is 10.2. The average Bonchev–Trinajstić information content (AvgIpc) is 2.75. The number of urea groups is 1. The molecule has 0 spiro atoms. The number of nitrogens with zero attached hydrogens (tertiary/aromatic N) is 4. The molecule has 2 aromatic heterocycles. The van der Waals surface area contributed by atoms with Gasteiger partial charge >= 0.3 is 6.03 Å². The van der Waals surface area contributed by atoms with Gasteiger partial charge < -0.3 is 10.1 Å². The maximum Gasteiger partial charge on any atom is 0.327 e. The Morgan fingerprint density at radius 2 is 2.00 bits per heavy atom. The second-order valence-corrected chi connectivity index (χ2v) is 5.99. The molecule has 1 aromatic carbocycles. The maximum absolute atomic E-state index is 12.7. The van der Waals surface area contributed by atoms with Crippen LogP contribution in [0.5, 0.6) is 5.75 Å². The minimum atomic E-state index is -0.295. The third-order valence-corrected chi connectivity index (χ3v) is 4.06. The molecule has 8 heteroatoms. The molecular formula is C20H20ClN5O2. The zero-order chi connectivity index (χ0) is 19.9. The van der Waals surface area contributed by atoms with Gasteiger partial charge in [0.1, 0.15) is 6.61 Å². The number of benzene rings is 1. The van der Waals surface area contributed by atoms with Crippen LogP contribution in [0.2, 0.25) is 5.02 Å². The number of carbonyl (C=O) groups excluding carboxylic acids is 1. The van der Waals surface area contributed by atoms with Crippen LogP contribution >= 0.6 is 11.6 Å². The zero-order valence-electron chi connectivity index (χ0n) is 15.6. The number of nitrogens with one attached hydrogen (secondary N) is 1. The third-order valence-electron chi connectivity index (χ3n) is 3.82. The largest absolute Gasteiger partial charge is 0.486 e. The van der Waals surface area contributed by atoms with E-state index < -0.39 is 0 Å². The highest BCUT2D eigenvalue weighted by Gasteiger charge is 2.26. The lowest BCUT2D eigenvalue weighted by Crippen LogP contribution is -2.41. The molecule has 1 aliphatic rings. The highest BCUT2D eigenvalue weighted by molar-refractivity contribution is 6.30. The molecule has 7 nitrogen and oxygen atoms in total. The van der Waals surface area contributed by atoms with Gasteiger partial charge in [0.05, 0.1) is 12.7 Å². The van der Waals surface area contributed by atoms with Crippen LogP contribution in [0.15, 0.2) is 55.0 Å². The molecule has 3 aromatic rings. The average molecular weight is 398 g/mol. The summed E-state index contributed by atoms with van der Waals surface area (Å²) in [5, 5.41) is 3.42. The highest BCUT2D eigenvalue weighted by Crippen LogP contribution is 2.31. The Balaban J connectivity index is 0.00000109. The van der Waals surface area contributed by atoms with Crippen molar-refractivity contribution in [2.24, 2.45) is 0 Å². The molecule has 2 amide bonds. The topological polar surface area (TPSA) is 80.2 Å². The van der Waals surface area contributed by atoms with Crippen molar-refractivity contribution in [1.29, 1.82) is 0 Å². The number of pyridine rings is 1. The van der Waals surface area contributed by atoms with E-state index in [2.05, 4.69) is 20.3 Å². The van der Waals surface area contributed by atoms with Crippen LogP contribution < -0.4 is 15.0 Å². The lowest BCUT2D eigenvalue weighted by molar-refractivity contribution is 0.249. The van der Waals surface area contributed by atoms with Crippen LogP contribution in [0.3, 0.4) is 0 Å². The molecular weight excluding hydrogens is 378 g/mol. The first kappa shape index (κ1) is 19.6. The van der Waals surface area contributed by atoms with Crippen LogP contribution in [0.4, 0.5) is 16.3 Å². The highest BCUT2D eigenvalue weighted by atomic mass is 35.5. The maximum atomic E-state index is 12.7. The van der Waals surface area contributed by atoms with Crippen LogP contribution in [-0.2, 0) is 0 Å². The van der Waals surface area contributed by atoms with Crippen molar-refractivity contribution in [3.05, 3.63) is 60.0 Å². The van der Waals surface area contributed by atoms with E-state index in [0.29, 0.717) is 41.3 Å². The fraction of sp³-hybridized carbons (Fsp3) is 0.200. The molecule has 0 unspecified atom stereocenters. The minimum absolute atomic E-state index is 0.295. The second-order valence-electron chi connectivity index (χ2n) is 5.56. The number of halogens is 1. The van der Waals surface area contributed by atoms with Gasteiger partial charge in [-0.05, 0) is 24.3 Å². The number of carbonyl (C=O) groups is 1. The quantitative estimate of drug-likeness (QED) is 0.680. The first-order chi connectivity index (χ1) is 13.7. The van der Waals surface area contributed by atoms with Crippen LogP contribution in [0, 0.1) is 0 Å². The Morgan fingerprint density at radius 3 is 2.75 bits per heavy atom. The van der Waals surface area contributed by atoms with Crippen molar-refractivity contribution in [1.82, 2.24) is 15.0 Å². The number of hydrogen-bond donors (Lipinski definition) is 1. The van der Waals surface area contributed by atoms with E-state index in [1.807, 2.05) is 26.0 Å². The van der Waals surface area contributed by atoms with Gasteiger partial charge in [-0.2, -0.15) is 0 Å². The van der Waals surface area contributed by atoms with Crippen LogP contribution in [0.1, 0.15) is 13.8 Å². The number of ether oxygens (including phenoxy) is 1. The fourth-order valence-corrected chi connectivity index (χ4v) is 2.79. The number of fused-ring (bicyclic) bond motifs is 1. The van der Waals surface area contributed by atoms with Crippen molar-refractivity contribution in [3.8, 4) is 17.1 Å². The first-order valence-corrected chi connectivity index (χ1v) is 9.33. The Labute approximate surface area is 168 Å². The minimum Gasteiger partial charge on any atom is -0.486 e. The standard InChI is InChI=1S/C18H14ClN5O2.C2H6/c19-13-3-1-2-12(10-13)16-21-11-15-17(23-16)24(8-9-26-15)18(25)22-14-4-6-20-7-5-14;1-2/h1-7,10-11H,8-9H2,(H,20,22,25);1-2H3. The van der Waals surface area contributed by atoms with Gasteiger partial charge in [0.25, 0.3) is 0 Å². The number of anilines is 2. The monoisotopic (exact) mass is 397 g/mol. The Kier molecular flexibility index (Phi) is 6.39. The van der Waals surface area contributed by atoms with Crippen LogP contribution in [-0.4, -0.2) is 34.1 Å². The predicted molar refractivity (Wildman–Crippen MR) is 110 cm³/mol. The van der Waals surface area contributed by atoms with Crippen LogP contribution in [0.25, 0.3) is 11.4 Å². The Morgan fingerprint density at radius 1 is 1.21 bits per heavy atom. The molecule has 0 radical (unpaired) electrons. The van der Waals surface area contributed by atoms with Gasteiger partial charge in [-0.15, -0.1) is 0 Å². The molecule has 3 heterocycles. The summed E-state index contributed by atoms with van der Waals surface area (Å²) in [7, 11) is 0. The summed E-state index contributed by atoms with van der Waals surface area (Å²) in [6, 6.07) is 10.4. The lowest BCUT2D eigenvalue weighted by Gasteiger charge is -2.28. The van der Waals surface area contributed by atoms with E-state index in [1.165, 1.54) is 4.90 Å². The molecule has 0 atom stereocenters. The van der Waals surface area contributed by atoms with E-state index in [1.54, 1.807) is 42.9 Å². The summed E-state index contributed by atoms with van der Waals surface area (Å²) in [4.78, 5) is 27.0. The predicted octanol–water partition coefficient (Wildman–Crippen LogP) is 4.65. The summed E-state index contributed by atoms with van der Waals surface area (Å²) >= 11 is 6.05. The molecule has 1 aliphatic heterocycles. The van der Waals surface area contributed by atoms with Gasteiger partial charge in [-0.25, -0.2) is 14.8 Å². The molecule has 144 valence electrons. The number of rotatable bonds is 2. The number of aromatic nitrogens is 3. The van der Waals surface area contributed by atoms with Crippen molar-refractivity contribution in [3.63, 3.8) is 0 Å². The van der Waals surface area contributed by atoms with Gasteiger partial charge in [0.15, 0.2) is 17.4 Å². The molecule has 4 rings (SSSR count). The normalized spacial score (nSPS) is 12.2. The van der Waals surface area contributed by atoms with E-state index in [-0.39, 0.29) is 6.03 Å². The van der Waals surface area contributed by atoms with E-state index in [9.17, 15) is 4.79 Å². The molecule has 0 aliphatic carbocycles. The SMILES string of the molecule is CC.O=C(Nc1ccncc1)N1CCOc2cnc(-c3cccc(Cl)c3)nc21. The summed E-state index contributed by atoms with van der Waals surface area (Å²) in [6.07, 6.45) is 4.80. The summed E-state index contributed by atoms with van der Waals surface area (Å²) in [5.74, 6) is 1.36. The molecule has 28 heavy (non-hydrogen) atoms. The second kappa shape index (κ2) is 9.14. The van der Waals surface area contributed by atoms with Gasteiger partial charge in [0, 0.05) is 28.7 Å². The zero-order valence-corrected chi connectivity index (χ0v) is 16.3. The van der Waals surface area contributed by atoms with Gasteiger partial charge in [0.2, 0.25) is 0 Å². The van der Waals surface area contributed by atoms with Crippen molar-refractivity contribution in [2.75, 3.05) is 23.4 Å². The van der Waals surface area contributed by atoms with Crippen molar-refractivity contribution >= 4 is 29.1 Å². The van der Waals surface area contributed by atoms with Gasteiger partial charge in [-0.1, -0.05) is 37.6 Å². The van der Waals surface area contributed by atoms with E-state index >= 15 is 0 Å². The van der Waals surface area contributed by atoms with Gasteiger partial charge in [-0.3, -0.25) is 9.88 Å². The molecule has 0 saturated carbocycles. The van der Waals surface area contributed by atoms with E-state index in [0.717, 1.165) is 5.56 Å².